The number of hydrogen-bond donors (Lipinski definition) is 1. The normalized spacial score (nSPS) is 15.0. The molecule has 4 rings (SSSR count). The summed E-state index contributed by atoms with van der Waals surface area (Å²) in [4.78, 5) is 24.2. The van der Waals surface area contributed by atoms with Gasteiger partial charge in [-0.15, -0.1) is 0 Å². The minimum atomic E-state index is -4.98. The summed E-state index contributed by atoms with van der Waals surface area (Å²) in [5.74, 6) is -0.390. The molecule has 3 aromatic rings. The lowest BCUT2D eigenvalue weighted by molar-refractivity contribution is -0.143. The third kappa shape index (κ3) is 7.06. The van der Waals surface area contributed by atoms with E-state index < -0.39 is 41.7 Å². The van der Waals surface area contributed by atoms with Crippen molar-refractivity contribution in [3.8, 4) is 5.75 Å². The molecule has 3 aromatic carbocycles. The minimum absolute atomic E-state index is 0.0500. The Morgan fingerprint density at radius 2 is 1.50 bits per heavy atom. The summed E-state index contributed by atoms with van der Waals surface area (Å²) in [5, 5.41) is 8.76. The highest BCUT2D eigenvalue weighted by atomic mass is 19.4. The lowest BCUT2D eigenvalue weighted by atomic mass is 9.85. The first kappa shape index (κ1) is 28.8. The fourth-order valence-corrected chi connectivity index (χ4v) is 4.18. The molecule has 10 heteroatoms. The highest BCUT2D eigenvalue weighted by Crippen LogP contribution is 2.37. The van der Waals surface area contributed by atoms with Crippen molar-refractivity contribution in [2.75, 3.05) is 6.61 Å². The first-order valence-electron chi connectivity index (χ1n) is 12.0. The van der Waals surface area contributed by atoms with Crippen molar-refractivity contribution in [3.63, 3.8) is 0 Å². The molecule has 1 aliphatic carbocycles. The van der Waals surface area contributed by atoms with Gasteiger partial charge in [-0.3, -0.25) is 9.59 Å². The van der Waals surface area contributed by atoms with E-state index in [-0.39, 0.29) is 30.2 Å². The van der Waals surface area contributed by atoms with Gasteiger partial charge in [-0.05, 0) is 83.6 Å². The summed E-state index contributed by atoms with van der Waals surface area (Å²) in [5.41, 5.74) is -0.551. The maximum atomic E-state index is 13.2. The molecule has 0 fully saturated rings. The zero-order chi connectivity index (χ0) is 29.1. The Morgan fingerprint density at radius 1 is 0.850 bits per heavy atom. The van der Waals surface area contributed by atoms with Gasteiger partial charge in [-0.25, -0.2) is 0 Å². The molecular weight excluding hydrogens is 538 g/mol. The lowest BCUT2D eigenvalue weighted by Crippen LogP contribution is -2.15. The van der Waals surface area contributed by atoms with Crippen LogP contribution in [0.3, 0.4) is 0 Å². The van der Waals surface area contributed by atoms with E-state index in [0.29, 0.717) is 35.4 Å². The van der Waals surface area contributed by atoms with Crippen LogP contribution >= 0.6 is 0 Å². The second-order valence-corrected chi connectivity index (χ2v) is 9.14. The Hall–Kier alpha value is -4.18. The predicted octanol–water partition coefficient (Wildman–Crippen LogP) is 7.09. The first-order chi connectivity index (χ1) is 18.8. The smallest absolute Gasteiger partial charge is 0.416 e. The molecule has 0 atom stereocenters. The van der Waals surface area contributed by atoms with Gasteiger partial charge in [0.15, 0.2) is 11.6 Å². The summed E-state index contributed by atoms with van der Waals surface area (Å²) < 4.78 is 85.0. The van der Waals surface area contributed by atoms with Gasteiger partial charge in [-0.2, -0.15) is 26.3 Å². The number of carbonyl (C=O) groups excluding carboxylic acids is 2. The summed E-state index contributed by atoms with van der Waals surface area (Å²) in [6.07, 6.45) is -5.53. The molecule has 0 radical (unpaired) electrons. The molecule has 0 unspecified atom stereocenters. The monoisotopic (exact) mass is 560 g/mol. The summed E-state index contributed by atoms with van der Waals surface area (Å²) >= 11 is 0. The SMILES string of the molecule is O=C(/C=C/c1ccc(COc2ccc3c(c2)CC/C(=C\c2cc(C(F)(F)F)cc(C(F)(F)F)c2)C3=O)cc1)CO. The van der Waals surface area contributed by atoms with Crippen LogP contribution in [0.5, 0.6) is 5.75 Å². The molecule has 0 spiro atoms. The first-order valence-corrected chi connectivity index (χ1v) is 12.0. The molecule has 40 heavy (non-hydrogen) atoms. The number of aliphatic hydroxyl groups is 1. The molecule has 1 aliphatic rings. The van der Waals surface area contributed by atoms with Gasteiger partial charge in [0.2, 0.25) is 0 Å². The zero-order valence-electron chi connectivity index (χ0n) is 20.8. The number of ketones is 2. The molecule has 0 aliphatic heterocycles. The standard InChI is InChI=1S/C30H22F6O4/c31-29(32,33)23-12-20(13-24(15-23)30(34,35)36)11-22-7-6-21-14-26(9-10-27(21)28(22)39)40-17-19-3-1-18(2-4-19)5-8-25(38)16-37/h1-5,8-15,37H,6-7,16-17H2/b8-5+,22-11+. The number of rotatable bonds is 7. The molecular formula is C30H22F6O4. The van der Waals surface area contributed by atoms with Crippen molar-refractivity contribution >= 4 is 23.7 Å². The van der Waals surface area contributed by atoms with E-state index in [1.54, 1.807) is 42.5 Å². The second kappa shape index (κ2) is 11.5. The number of ether oxygens (including phenoxy) is 1. The van der Waals surface area contributed by atoms with Gasteiger partial charge in [0.05, 0.1) is 11.1 Å². The number of fused-ring (bicyclic) bond motifs is 1. The molecule has 0 saturated carbocycles. The molecule has 0 amide bonds. The summed E-state index contributed by atoms with van der Waals surface area (Å²) in [6.45, 7) is -0.348. The highest BCUT2D eigenvalue weighted by Gasteiger charge is 2.37. The van der Waals surface area contributed by atoms with Gasteiger partial charge in [0.1, 0.15) is 19.0 Å². The summed E-state index contributed by atoms with van der Waals surface area (Å²) in [6, 6.07) is 13.2. The minimum Gasteiger partial charge on any atom is -0.489 e. The van der Waals surface area contributed by atoms with E-state index in [1.165, 1.54) is 12.1 Å². The quantitative estimate of drug-likeness (QED) is 0.248. The van der Waals surface area contributed by atoms with Crippen molar-refractivity contribution in [1.29, 1.82) is 0 Å². The lowest BCUT2D eigenvalue weighted by Gasteiger charge is -2.19. The van der Waals surface area contributed by atoms with Crippen molar-refractivity contribution in [1.82, 2.24) is 0 Å². The average molecular weight is 560 g/mol. The fourth-order valence-electron chi connectivity index (χ4n) is 4.18. The Bertz CT molecular complexity index is 1450. The number of aryl methyl sites for hydroxylation is 1. The average Bonchev–Trinajstić information content (AvgIpc) is 2.91. The van der Waals surface area contributed by atoms with Crippen LogP contribution < -0.4 is 4.74 Å². The van der Waals surface area contributed by atoms with Crippen LogP contribution in [-0.4, -0.2) is 23.3 Å². The topological polar surface area (TPSA) is 63.6 Å². The largest absolute Gasteiger partial charge is 0.489 e. The van der Waals surface area contributed by atoms with Gasteiger partial charge < -0.3 is 9.84 Å². The van der Waals surface area contributed by atoms with Crippen LogP contribution in [0, 0.1) is 0 Å². The van der Waals surface area contributed by atoms with E-state index in [0.717, 1.165) is 17.2 Å². The number of benzene rings is 3. The van der Waals surface area contributed by atoms with E-state index in [1.807, 2.05) is 0 Å². The Kier molecular flexibility index (Phi) is 8.29. The molecule has 208 valence electrons. The number of carbonyl (C=O) groups is 2. The highest BCUT2D eigenvalue weighted by molar-refractivity contribution is 6.13. The van der Waals surface area contributed by atoms with Crippen LogP contribution in [-0.2, 0) is 30.2 Å². The third-order valence-corrected chi connectivity index (χ3v) is 6.23. The maximum absolute atomic E-state index is 13.2. The molecule has 1 N–H and O–H groups in total. The van der Waals surface area contributed by atoms with Crippen molar-refractivity contribution in [2.24, 2.45) is 0 Å². The van der Waals surface area contributed by atoms with E-state index in [2.05, 4.69) is 0 Å². The van der Waals surface area contributed by atoms with Gasteiger partial charge in [-0.1, -0.05) is 30.3 Å². The fraction of sp³-hybridized carbons (Fsp3) is 0.200. The zero-order valence-corrected chi connectivity index (χ0v) is 20.8. The number of allylic oxidation sites excluding steroid dienone is 1. The number of alkyl halides is 6. The predicted molar refractivity (Wildman–Crippen MR) is 135 cm³/mol. The number of halogens is 6. The van der Waals surface area contributed by atoms with Crippen molar-refractivity contribution in [2.45, 2.75) is 31.8 Å². The van der Waals surface area contributed by atoms with Crippen LogP contribution in [0.25, 0.3) is 12.2 Å². The van der Waals surface area contributed by atoms with Crippen LogP contribution in [0.15, 0.2) is 72.3 Å². The van der Waals surface area contributed by atoms with E-state index in [4.69, 9.17) is 9.84 Å². The molecule has 0 bridgehead atoms. The summed E-state index contributed by atoms with van der Waals surface area (Å²) in [7, 11) is 0. The van der Waals surface area contributed by atoms with Crippen LogP contribution in [0.4, 0.5) is 26.3 Å². The number of hydrogen-bond acceptors (Lipinski definition) is 4. The molecule has 0 aromatic heterocycles. The van der Waals surface area contributed by atoms with Gasteiger partial charge >= 0.3 is 12.4 Å². The Labute approximate surface area is 225 Å². The third-order valence-electron chi connectivity index (χ3n) is 6.23. The molecule has 4 nitrogen and oxygen atoms in total. The Balaban J connectivity index is 1.48. The van der Waals surface area contributed by atoms with Gasteiger partial charge in [0, 0.05) is 11.1 Å². The Morgan fingerprint density at radius 3 is 2.10 bits per heavy atom. The second-order valence-electron chi connectivity index (χ2n) is 9.14. The van der Waals surface area contributed by atoms with E-state index >= 15 is 0 Å². The van der Waals surface area contributed by atoms with E-state index in [9.17, 15) is 35.9 Å². The van der Waals surface area contributed by atoms with Crippen molar-refractivity contribution in [3.05, 3.63) is 111 Å². The number of Topliss-reactive ketones (excluding diaryl/α,β-unsaturated/α-hetero) is 1. The van der Waals surface area contributed by atoms with Crippen molar-refractivity contribution < 1.29 is 45.8 Å². The van der Waals surface area contributed by atoms with Crippen LogP contribution in [0.1, 0.15) is 50.2 Å². The maximum Gasteiger partial charge on any atom is 0.416 e. The molecule has 0 saturated heterocycles. The number of aliphatic hydroxyl groups excluding tert-OH is 1. The van der Waals surface area contributed by atoms with Crippen LogP contribution in [0.2, 0.25) is 0 Å². The molecule has 0 heterocycles. The van der Waals surface area contributed by atoms with Gasteiger partial charge in [0.25, 0.3) is 0 Å².